The summed E-state index contributed by atoms with van der Waals surface area (Å²) in [6.07, 6.45) is 3.44. The second-order valence-corrected chi connectivity index (χ2v) is 10.0. The van der Waals surface area contributed by atoms with Gasteiger partial charge in [0.15, 0.2) is 14.9 Å². The number of anilines is 1. The number of sulfone groups is 1. The molecule has 0 aliphatic carbocycles. The minimum absolute atomic E-state index is 0.0336. The minimum atomic E-state index is -3.43. The van der Waals surface area contributed by atoms with Crippen molar-refractivity contribution in [2.45, 2.75) is 49.4 Å². The highest BCUT2D eigenvalue weighted by molar-refractivity contribution is 7.92. The third-order valence-corrected chi connectivity index (χ3v) is 6.83. The molecule has 2 heterocycles. The molecule has 0 saturated carbocycles. The lowest BCUT2D eigenvalue weighted by Crippen LogP contribution is -2.43. The van der Waals surface area contributed by atoms with Crippen molar-refractivity contribution < 1.29 is 13.2 Å². The van der Waals surface area contributed by atoms with E-state index in [4.69, 9.17) is 0 Å². The highest BCUT2D eigenvalue weighted by Gasteiger charge is 2.32. The van der Waals surface area contributed by atoms with Gasteiger partial charge in [-0.1, -0.05) is 0 Å². The predicted molar refractivity (Wildman–Crippen MR) is 98.3 cm³/mol. The molecule has 0 atom stereocenters. The Morgan fingerprint density at radius 2 is 1.92 bits per heavy atom. The van der Waals surface area contributed by atoms with Crippen molar-refractivity contribution in [3.63, 3.8) is 0 Å². The first-order chi connectivity index (χ1) is 11.6. The smallest absolute Gasteiger partial charge is 0.233 e. The maximum Gasteiger partial charge on any atom is 0.233 e. The number of carbonyl (C=O) groups excluding carboxylic acids is 1. The fourth-order valence-corrected chi connectivity index (χ4v) is 3.76. The summed E-state index contributed by atoms with van der Waals surface area (Å²) in [6.45, 7) is 7.16. The van der Waals surface area contributed by atoms with Crippen LogP contribution in [0.1, 0.15) is 33.6 Å². The summed E-state index contributed by atoms with van der Waals surface area (Å²) >= 11 is 0. The standard InChI is InChI=1S/C17H28N4O3S/c1-17(2,3)25(23,24)16-6-5-14(11-19-16)20-13-7-9-21(10-8-13)12-15(22)18-4/h5-6,11,13,20H,7-10,12H2,1-4H3,(H,18,22). The summed E-state index contributed by atoms with van der Waals surface area (Å²) in [4.78, 5) is 17.7. The molecule has 0 radical (unpaired) electrons. The van der Waals surface area contributed by atoms with Gasteiger partial charge >= 0.3 is 0 Å². The zero-order valence-corrected chi connectivity index (χ0v) is 16.2. The zero-order valence-electron chi connectivity index (χ0n) is 15.4. The third kappa shape index (κ3) is 4.92. The number of likely N-dealkylation sites (tertiary alicyclic amines) is 1. The molecule has 1 fully saturated rings. The summed E-state index contributed by atoms with van der Waals surface area (Å²) in [5, 5.41) is 6.14. The van der Waals surface area contributed by atoms with Crippen molar-refractivity contribution in [3.05, 3.63) is 18.3 Å². The molecule has 0 bridgehead atoms. The predicted octanol–water partition coefficient (Wildman–Crippen LogP) is 1.28. The van der Waals surface area contributed by atoms with Gasteiger partial charge in [0, 0.05) is 26.2 Å². The van der Waals surface area contributed by atoms with E-state index < -0.39 is 14.6 Å². The highest BCUT2D eigenvalue weighted by Crippen LogP contribution is 2.24. The lowest BCUT2D eigenvalue weighted by atomic mass is 10.0. The van der Waals surface area contributed by atoms with Gasteiger partial charge in [-0.3, -0.25) is 9.69 Å². The number of nitrogens with zero attached hydrogens (tertiary/aromatic N) is 2. The molecule has 2 rings (SSSR count). The molecule has 1 saturated heterocycles. The molecule has 0 unspecified atom stereocenters. The second kappa shape index (κ2) is 7.70. The first-order valence-corrected chi connectivity index (χ1v) is 10.0. The number of aromatic nitrogens is 1. The Morgan fingerprint density at radius 1 is 1.28 bits per heavy atom. The molecule has 0 spiro atoms. The van der Waals surface area contributed by atoms with Gasteiger partial charge in [0.2, 0.25) is 5.91 Å². The van der Waals surface area contributed by atoms with Crippen molar-refractivity contribution in [3.8, 4) is 0 Å². The molecule has 2 N–H and O–H groups in total. The van der Waals surface area contributed by atoms with Gasteiger partial charge in [0.05, 0.1) is 23.2 Å². The molecule has 1 aliphatic heterocycles. The topological polar surface area (TPSA) is 91.4 Å². The number of nitrogens with one attached hydrogen (secondary N) is 2. The first-order valence-electron chi connectivity index (χ1n) is 8.53. The van der Waals surface area contributed by atoms with Crippen LogP contribution in [0.25, 0.3) is 0 Å². The van der Waals surface area contributed by atoms with Crippen LogP contribution < -0.4 is 10.6 Å². The van der Waals surface area contributed by atoms with Crippen LogP contribution in [0.3, 0.4) is 0 Å². The lowest BCUT2D eigenvalue weighted by Gasteiger charge is -2.32. The lowest BCUT2D eigenvalue weighted by molar-refractivity contribution is -0.122. The van der Waals surface area contributed by atoms with Crippen LogP contribution in [0.15, 0.2) is 23.4 Å². The number of hydrogen-bond acceptors (Lipinski definition) is 6. The Bertz CT molecular complexity index is 688. The summed E-state index contributed by atoms with van der Waals surface area (Å²) < 4.78 is 23.9. The van der Waals surface area contributed by atoms with Gasteiger partial charge in [-0.05, 0) is 45.7 Å². The van der Waals surface area contributed by atoms with Gasteiger partial charge in [-0.2, -0.15) is 0 Å². The zero-order chi connectivity index (χ0) is 18.7. The molecule has 140 valence electrons. The molecule has 7 nitrogen and oxygen atoms in total. The summed E-state index contributed by atoms with van der Waals surface area (Å²) in [7, 11) is -1.79. The minimum Gasteiger partial charge on any atom is -0.381 e. The molecule has 1 aromatic rings. The summed E-state index contributed by atoms with van der Waals surface area (Å²) in [6, 6.07) is 3.62. The molecule has 1 aromatic heterocycles. The van der Waals surface area contributed by atoms with Crippen LogP contribution in [0.2, 0.25) is 0 Å². The highest BCUT2D eigenvalue weighted by atomic mass is 32.2. The largest absolute Gasteiger partial charge is 0.381 e. The Morgan fingerprint density at radius 3 is 2.40 bits per heavy atom. The average Bonchev–Trinajstić information content (AvgIpc) is 2.56. The normalized spacial score (nSPS) is 17.3. The Labute approximate surface area is 150 Å². The van der Waals surface area contributed by atoms with Gasteiger partial charge in [-0.15, -0.1) is 0 Å². The van der Waals surface area contributed by atoms with E-state index in [1.807, 2.05) is 0 Å². The van der Waals surface area contributed by atoms with Crippen LogP contribution in [-0.2, 0) is 14.6 Å². The SMILES string of the molecule is CNC(=O)CN1CCC(Nc2ccc(S(=O)(=O)C(C)(C)C)nc2)CC1. The number of likely N-dealkylation sites (N-methyl/N-ethyl adjacent to an activating group) is 1. The van der Waals surface area contributed by atoms with Crippen LogP contribution in [0.5, 0.6) is 0 Å². The van der Waals surface area contributed by atoms with Crippen LogP contribution in [-0.4, -0.2) is 61.7 Å². The van der Waals surface area contributed by atoms with Crippen LogP contribution in [0.4, 0.5) is 5.69 Å². The Hall–Kier alpha value is -1.67. The Kier molecular flexibility index (Phi) is 6.05. The number of piperidine rings is 1. The number of carbonyl (C=O) groups is 1. The van der Waals surface area contributed by atoms with Gasteiger partial charge in [0.1, 0.15) is 0 Å². The van der Waals surface area contributed by atoms with E-state index in [9.17, 15) is 13.2 Å². The Balaban J connectivity index is 1.92. The molecule has 0 aromatic carbocycles. The van der Waals surface area contributed by atoms with Gasteiger partial charge in [-0.25, -0.2) is 13.4 Å². The van der Waals surface area contributed by atoms with Crippen molar-refractivity contribution in [2.24, 2.45) is 0 Å². The van der Waals surface area contributed by atoms with E-state index in [2.05, 4.69) is 20.5 Å². The summed E-state index contributed by atoms with van der Waals surface area (Å²) in [5.41, 5.74) is 0.817. The second-order valence-electron chi connectivity index (χ2n) is 7.37. The quantitative estimate of drug-likeness (QED) is 0.813. The van der Waals surface area contributed by atoms with Crippen molar-refractivity contribution >= 4 is 21.4 Å². The van der Waals surface area contributed by atoms with E-state index in [0.29, 0.717) is 12.6 Å². The monoisotopic (exact) mass is 368 g/mol. The molecule has 1 amide bonds. The van der Waals surface area contributed by atoms with E-state index >= 15 is 0 Å². The maximum atomic E-state index is 12.4. The maximum absolute atomic E-state index is 12.4. The molecule has 25 heavy (non-hydrogen) atoms. The fraction of sp³-hybridized carbons (Fsp3) is 0.647. The van der Waals surface area contributed by atoms with Crippen molar-refractivity contribution in [1.82, 2.24) is 15.2 Å². The van der Waals surface area contributed by atoms with Crippen molar-refractivity contribution in [2.75, 3.05) is 32.0 Å². The number of rotatable bonds is 5. The molecular formula is C17H28N4O3S. The van der Waals surface area contributed by atoms with E-state index in [-0.39, 0.29) is 10.9 Å². The van der Waals surface area contributed by atoms with Crippen LogP contribution in [0, 0.1) is 0 Å². The van der Waals surface area contributed by atoms with Gasteiger partial charge < -0.3 is 10.6 Å². The van der Waals surface area contributed by atoms with E-state index in [1.54, 1.807) is 46.1 Å². The summed E-state index contributed by atoms with van der Waals surface area (Å²) in [5.74, 6) is 0.0336. The molecule has 8 heteroatoms. The van der Waals surface area contributed by atoms with Crippen molar-refractivity contribution in [1.29, 1.82) is 0 Å². The van der Waals surface area contributed by atoms with Gasteiger partial charge in [0.25, 0.3) is 0 Å². The number of amides is 1. The van der Waals surface area contributed by atoms with E-state index in [1.165, 1.54) is 0 Å². The first kappa shape index (κ1) is 19.7. The number of hydrogen-bond donors (Lipinski definition) is 2. The molecular weight excluding hydrogens is 340 g/mol. The fourth-order valence-electron chi connectivity index (χ4n) is 2.69. The average molecular weight is 369 g/mol. The van der Waals surface area contributed by atoms with E-state index in [0.717, 1.165) is 31.6 Å². The number of pyridine rings is 1. The molecule has 1 aliphatic rings. The van der Waals surface area contributed by atoms with Crippen LogP contribution >= 0.6 is 0 Å². The third-order valence-electron chi connectivity index (χ3n) is 4.42.